The third kappa shape index (κ3) is 3.17. The van der Waals surface area contributed by atoms with Gasteiger partial charge < -0.3 is 0 Å². The van der Waals surface area contributed by atoms with Gasteiger partial charge in [-0.25, -0.2) is 0 Å². The zero-order chi connectivity index (χ0) is 13.1. The van der Waals surface area contributed by atoms with Crippen LogP contribution in [0.4, 0.5) is 0 Å². The summed E-state index contributed by atoms with van der Waals surface area (Å²) >= 11 is 5.94. The van der Waals surface area contributed by atoms with Gasteiger partial charge in [-0.15, -0.1) is 0 Å². The fourth-order valence-electron chi connectivity index (χ4n) is 2.82. The maximum atomic E-state index is 5.94. The van der Waals surface area contributed by atoms with Gasteiger partial charge in [-0.2, -0.15) is 0 Å². The molecular weight excluding hydrogens is 254 g/mol. The van der Waals surface area contributed by atoms with Crippen LogP contribution >= 0.6 is 11.6 Å². The van der Waals surface area contributed by atoms with Crippen molar-refractivity contribution in [1.29, 1.82) is 0 Å². The molecule has 0 aliphatic carbocycles. The summed E-state index contributed by atoms with van der Waals surface area (Å²) in [4.78, 5) is 2.54. The van der Waals surface area contributed by atoms with E-state index in [1.807, 2.05) is 12.1 Å². The van der Waals surface area contributed by atoms with E-state index in [1.54, 1.807) is 0 Å². The van der Waals surface area contributed by atoms with Crippen molar-refractivity contribution in [3.05, 3.63) is 70.7 Å². The van der Waals surface area contributed by atoms with Crippen LogP contribution in [-0.2, 0) is 6.54 Å². The molecule has 1 heterocycles. The van der Waals surface area contributed by atoms with Crippen LogP contribution in [0.25, 0.3) is 0 Å². The zero-order valence-electron chi connectivity index (χ0n) is 10.9. The van der Waals surface area contributed by atoms with Crippen LogP contribution in [0.1, 0.15) is 23.5 Å². The molecule has 2 aromatic rings. The van der Waals surface area contributed by atoms with E-state index in [0.29, 0.717) is 5.92 Å². The second kappa shape index (κ2) is 5.77. The summed E-state index contributed by atoms with van der Waals surface area (Å²) in [5, 5.41) is 0.822. The van der Waals surface area contributed by atoms with Gasteiger partial charge in [-0.3, -0.25) is 4.90 Å². The molecule has 1 aliphatic heterocycles. The molecule has 0 bridgehead atoms. The monoisotopic (exact) mass is 271 g/mol. The van der Waals surface area contributed by atoms with E-state index in [4.69, 9.17) is 11.6 Å². The van der Waals surface area contributed by atoms with Gasteiger partial charge in [0.15, 0.2) is 0 Å². The predicted molar refractivity (Wildman–Crippen MR) is 80.5 cm³/mol. The average Bonchev–Trinajstić information content (AvgIpc) is 2.89. The van der Waals surface area contributed by atoms with Gasteiger partial charge in [0.2, 0.25) is 0 Å². The smallest absolute Gasteiger partial charge is 0.0406 e. The SMILES string of the molecule is Clc1ccc(C2CCN(Cc3ccccc3)C2)cc1. The van der Waals surface area contributed by atoms with Crippen molar-refractivity contribution < 1.29 is 0 Å². The lowest BCUT2D eigenvalue weighted by molar-refractivity contribution is 0.327. The summed E-state index contributed by atoms with van der Waals surface area (Å²) in [7, 11) is 0. The molecule has 3 rings (SSSR count). The standard InChI is InChI=1S/C17H18ClN/c18-17-8-6-15(7-9-17)16-10-11-19(13-16)12-14-4-2-1-3-5-14/h1-9,16H,10-13H2. The Kier molecular flexibility index (Phi) is 3.86. The van der Waals surface area contributed by atoms with E-state index in [0.717, 1.165) is 18.1 Å². The number of halogens is 1. The summed E-state index contributed by atoms with van der Waals surface area (Å²) in [5.41, 5.74) is 2.82. The zero-order valence-corrected chi connectivity index (χ0v) is 11.7. The quantitative estimate of drug-likeness (QED) is 0.803. The van der Waals surface area contributed by atoms with E-state index in [-0.39, 0.29) is 0 Å². The first-order valence-electron chi connectivity index (χ1n) is 6.83. The van der Waals surface area contributed by atoms with Gasteiger partial charge in [0.25, 0.3) is 0 Å². The molecule has 2 aromatic carbocycles. The largest absolute Gasteiger partial charge is 0.298 e. The van der Waals surface area contributed by atoms with Gasteiger partial charge in [-0.05, 0) is 42.1 Å². The molecule has 0 spiro atoms. The Labute approximate surface area is 119 Å². The minimum absolute atomic E-state index is 0.654. The lowest BCUT2D eigenvalue weighted by atomic mass is 9.99. The molecule has 0 amide bonds. The Hall–Kier alpha value is -1.31. The highest BCUT2D eigenvalue weighted by molar-refractivity contribution is 6.30. The highest BCUT2D eigenvalue weighted by Gasteiger charge is 2.23. The lowest BCUT2D eigenvalue weighted by Crippen LogP contribution is -2.19. The Morgan fingerprint density at radius 2 is 1.74 bits per heavy atom. The van der Waals surface area contributed by atoms with Crippen LogP contribution in [0.3, 0.4) is 0 Å². The van der Waals surface area contributed by atoms with E-state index in [2.05, 4.69) is 47.4 Å². The molecule has 1 aliphatic rings. The number of nitrogens with zero attached hydrogens (tertiary/aromatic N) is 1. The number of hydrogen-bond acceptors (Lipinski definition) is 1. The first-order valence-corrected chi connectivity index (χ1v) is 7.21. The predicted octanol–water partition coefficient (Wildman–Crippen LogP) is 4.33. The van der Waals surface area contributed by atoms with Crippen LogP contribution < -0.4 is 0 Å². The molecule has 2 heteroatoms. The highest BCUT2D eigenvalue weighted by atomic mass is 35.5. The van der Waals surface area contributed by atoms with Crippen molar-refractivity contribution in [1.82, 2.24) is 4.90 Å². The molecule has 1 fully saturated rings. The summed E-state index contributed by atoms with van der Waals surface area (Å²) in [5.74, 6) is 0.654. The maximum absolute atomic E-state index is 5.94. The molecule has 1 atom stereocenters. The van der Waals surface area contributed by atoms with Crippen molar-refractivity contribution in [3.8, 4) is 0 Å². The third-order valence-electron chi connectivity index (χ3n) is 3.86. The molecule has 19 heavy (non-hydrogen) atoms. The van der Waals surface area contributed by atoms with Crippen molar-refractivity contribution in [2.24, 2.45) is 0 Å². The Morgan fingerprint density at radius 3 is 2.47 bits per heavy atom. The first kappa shape index (κ1) is 12.7. The topological polar surface area (TPSA) is 3.24 Å². The van der Waals surface area contributed by atoms with Crippen LogP contribution in [0.2, 0.25) is 5.02 Å². The Morgan fingerprint density at radius 1 is 1.00 bits per heavy atom. The fraction of sp³-hybridized carbons (Fsp3) is 0.294. The van der Waals surface area contributed by atoms with Crippen molar-refractivity contribution in [3.63, 3.8) is 0 Å². The Bertz CT molecular complexity index is 521. The first-order chi connectivity index (χ1) is 9.31. The molecule has 1 nitrogen and oxygen atoms in total. The maximum Gasteiger partial charge on any atom is 0.0406 e. The molecule has 98 valence electrons. The van der Waals surface area contributed by atoms with Crippen LogP contribution in [0, 0.1) is 0 Å². The second-order valence-corrected chi connectivity index (χ2v) is 5.69. The molecule has 1 saturated heterocycles. The molecule has 1 unspecified atom stereocenters. The van der Waals surface area contributed by atoms with Crippen LogP contribution in [0.5, 0.6) is 0 Å². The normalized spacial score (nSPS) is 19.7. The average molecular weight is 272 g/mol. The van der Waals surface area contributed by atoms with E-state index < -0.39 is 0 Å². The van der Waals surface area contributed by atoms with E-state index in [1.165, 1.54) is 24.1 Å². The lowest BCUT2D eigenvalue weighted by Gasteiger charge is -2.16. The summed E-state index contributed by atoms with van der Waals surface area (Å²) in [6.07, 6.45) is 1.24. The number of benzene rings is 2. The minimum atomic E-state index is 0.654. The highest BCUT2D eigenvalue weighted by Crippen LogP contribution is 2.28. The summed E-state index contributed by atoms with van der Waals surface area (Å²) < 4.78 is 0. The van der Waals surface area contributed by atoms with E-state index in [9.17, 15) is 0 Å². The van der Waals surface area contributed by atoms with Gasteiger partial charge in [0, 0.05) is 18.1 Å². The molecular formula is C17H18ClN. The summed E-state index contributed by atoms with van der Waals surface area (Å²) in [6.45, 7) is 3.39. The van der Waals surface area contributed by atoms with Crippen molar-refractivity contribution in [2.75, 3.05) is 13.1 Å². The third-order valence-corrected chi connectivity index (χ3v) is 4.11. The fourth-order valence-corrected chi connectivity index (χ4v) is 2.95. The second-order valence-electron chi connectivity index (χ2n) is 5.26. The van der Waals surface area contributed by atoms with Crippen molar-refractivity contribution in [2.45, 2.75) is 18.9 Å². The molecule has 0 aromatic heterocycles. The van der Waals surface area contributed by atoms with E-state index >= 15 is 0 Å². The molecule has 0 radical (unpaired) electrons. The Balaban J connectivity index is 1.62. The number of rotatable bonds is 3. The summed E-state index contributed by atoms with van der Waals surface area (Å²) in [6, 6.07) is 19.0. The van der Waals surface area contributed by atoms with Gasteiger partial charge in [0.05, 0.1) is 0 Å². The minimum Gasteiger partial charge on any atom is -0.298 e. The van der Waals surface area contributed by atoms with Gasteiger partial charge in [0.1, 0.15) is 0 Å². The van der Waals surface area contributed by atoms with Crippen LogP contribution in [0.15, 0.2) is 54.6 Å². The number of hydrogen-bond donors (Lipinski definition) is 0. The number of likely N-dealkylation sites (tertiary alicyclic amines) is 1. The van der Waals surface area contributed by atoms with Crippen LogP contribution in [-0.4, -0.2) is 18.0 Å². The molecule has 0 saturated carbocycles. The van der Waals surface area contributed by atoms with Gasteiger partial charge >= 0.3 is 0 Å². The van der Waals surface area contributed by atoms with Gasteiger partial charge in [-0.1, -0.05) is 54.1 Å². The van der Waals surface area contributed by atoms with Crippen molar-refractivity contribution >= 4 is 11.6 Å². The molecule has 0 N–H and O–H groups in total.